The van der Waals surface area contributed by atoms with Crippen molar-refractivity contribution >= 4 is 28.3 Å². The third-order valence-corrected chi connectivity index (χ3v) is 3.88. The third kappa shape index (κ3) is 3.04. The van der Waals surface area contributed by atoms with Gasteiger partial charge in [-0.2, -0.15) is 4.98 Å². The summed E-state index contributed by atoms with van der Waals surface area (Å²) in [6.07, 6.45) is 0.0315. The lowest BCUT2D eigenvalue weighted by molar-refractivity contribution is -0.115. The zero-order chi connectivity index (χ0) is 18.3. The minimum Gasteiger partial charge on any atom is -0.423 e. The largest absolute Gasteiger partial charge is 0.423 e. The maximum Gasteiger partial charge on any atom is 0.336 e. The Kier molecular flexibility index (Phi) is 3.72. The van der Waals surface area contributed by atoms with Gasteiger partial charge in [0.25, 0.3) is 5.78 Å². The van der Waals surface area contributed by atoms with Crippen LogP contribution in [0.3, 0.4) is 0 Å². The lowest BCUT2D eigenvalue weighted by Gasteiger charge is -2.04. The van der Waals surface area contributed by atoms with Crippen molar-refractivity contribution in [3.05, 3.63) is 64.0 Å². The first kappa shape index (κ1) is 15.9. The average molecular weight is 349 g/mol. The molecule has 26 heavy (non-hydrogen) atoms. The van der Waals surface area contributed by atoms with Gasteiger partial charge in [0.15, 0.2) is 5.82 Å². The van der Waals surface area contributed by atoms with Gasteiger partial charge in [0.2, 0.25) is 5.91 Å². The number of hydrogen-bond donors (Lipinski definition) is 1. The molecule has 8 heteroatoms. The van der Waals surface area contributed by atoms with Crippen molar-refractivity contribution in [1.29, 1.82) is 0 Å². The number of anilines is 1. The molecule has 0 unspecified atom stereocenters. The molecule has 4 rings (SSSR count). The average Bonchev–Trinajstić information content (AvgIpc) is 2.97. The van der Waals surface area contributed by atoms with Crippen molar-refractivity contribution in [3.8, 4) is 0 Å². The van der Waals surface area contributed by atoms with E-state index in [-0.39, 0.29) is 12.3 Å². The highest BCUT2D eigenvalue weighted by Gasteiger charge is 2.12. The maximum absolute atomic E-state index is 12.3. The smallest absolute Gasteiger partial charge is 0.336 e. The van der Waals surface area contributed by atoms with Gasteiger partial charge < -0.3 is 9.73 Å². The topological polar surface area (TPSA) is 102 Å². The van der Waals surface area contributed by atoms with Crippen LogP contribution in [0.25, 0.3) is 16.7 Å². The van der Waals surface area contributed by atoms with Crippen LogP contribution in [-0.2, 0) is 11.2 Å². The number of hydrogen-bond acceptors (Lipinski definition) is 6. The minimum atomic E-state index is -0.411. The number of carbonyl (C=O) groups is 1. The Balaban J connectivity index is 1.54. The summed E-state index contributed by atoms with van der Waals surface area (Å²) in [4.78, 5) is 32.1. The molecule has 3 heterocycles. The Bertz CT molecular complexity index is 1210. The molecule has 8 nitrogen and oxygen atoms in total. The molecule has 130 valence electrons. The van der Waals surface area contributed by atoms with E-state index in [2.05, 4.69) is 20.4 Å². The first-order chi connectivity index (χ1) is 12.5. The van der Waals surface area contributed by atoms with Crippen molar-refractivity contribution in [2.45, 2.75) is 20.3 Å². The van der Waals surface area contributed by atoms with E-state index >= 15 is 0 Å². The van der Waals surface area contributed by atoms with Crippen molar-refractivity contribution in [2.75, 3.05) is 5.32 Å². The zero-order valence-corrected chi connectivity index (χ0v) is 14.2. The van der Waals surface area contributed by atoms with Gasteiger partial charge >= 0.3 is 5.63 Å². The Hall–Kier alpha value is -3.55. The zero-order valence-electron chi connectivity index (χ0n) is 14.2. The molecule has 0 bridgehead atoms. The predicted molar refractivity (Wildman–Crippen MR) is 95.1 cm³/mol. The number of carbonyl (C=O) groups excluding carboxylic acids is 1. The summed E-state index contributed by atoms with van der Waals surface area (Å²) < 4.78 is 6.69. The number of aromatic nitrogens is 4. The van der Waals surface area contributed by atoms with Crippen LogP contribution >= 0.6 is 0 Å². The Labute approximate surface area is 147 Å². The standard InChI is InChI=1S/C18H15N5O3/c1-10-7-11(2)23-18(19-10)21-15(22-23)9-16(24)20-13-4-5-14-12(8-13)3-6-17(25)26-14/h3-8H,9H2,1-2H3,(H,20,24). The van der Waals surface area contributed by atoms with Gasteiger partial charge in [0, 0.05) is 28.5 Å². The highest BCUT2D eigenvalue weighted by Crippen LogP contribution is 2.17. The van der Waals surface area contributed by atoms with Gasteiger partial charge in [-0.05, 0) is 44.2 Å². The van der Waals surface area contributed by atoms with Crippen LogP contribution in [-0.4, -0.2) is 25.5 Å². The van der Waals surface area contributed by atoms with Crippen molar-refractivity contribution in [2.24, 2.45) is 0 Å². The van der Waals surface area contributed by atoms with E-state index in [0.29, 0.717) is 22.9 Å². The van der Waals surface area contributed by atoms with Crippen LogP contribution in [0.15, 0.2) is 45.6 Å². The van der Waals surface area contributed by atoms with Crippen LogP contribution in [0.1, 0.15) is 17.2 Å². The monoisotopic (exact) mass is 349 g/mol. The normalized spacial score (nSPS) is 11.2. The second-order valence-corrected chi connectivity index (χ2v) is 6.01. The van der Waals surface area contributed by atoms with Gasteiger partial charge in [0.1, 0.15) is 5.58 Å². The number of aryl methyl sites for hydroxylation is 2. The highest BCUT2D eigenvalue weighted by atomic mass is 16.4. The van der Waals surface area contributed by atoms with Gasteiger partial charge in [-0.25, -0.2) is 14.3 Å². The van der Waals surface area contributed by atoms with Gasteiger partial charge in [-0.15, -0.1) is 5.10 Å². The molecule has 0 aliphatic heterocycles. The quantitative estimate of drug-likeness (QED) is 0.568. The second kappa shape index (κ2) is 6.07. The van der Waals surface area contributed by atoms with E-state index < -0.39 is 5.63 Å². The lowest BCUT2D eigenvalue weighted by Crippen LogP contribution is -2.15. The summed E-state index contributed by atoms with van der Waals surface area (Å²) >= 11 is 0. The Morgan fingerprint density at radius 1 is 1.15 bits per heavy atom. The summed E-state index contributed by atoms with van der Waals surface area (Å²) in [5, 5.41) is 7.85. The molecule has 4 aromatic rings. The minimum absolute atomic E-state index is 0.0315. The predicted octanol–water partition coefficient (Wildman–Crippen LogP) is 2.03. The molecular weight excluding hydrogens is 334 g/mol. The van der Waals surface area contributed by atoms with E-state index in [4.69, 9.17) is 4.42 Å². The number of nitrogens with zero attached hydrogens (tertiary/aromatic N) is 4. The number of amides is 1. The molecule has 0 saturated carbocycles. The molecule has 0 saturated heterocycles. The number of fused-ring (bicyclic) bond motifs is 2. The second-order valence-electron chi connectivity index (χ2n) is 6.01. The van der Waals surface area contributed by atoms with E-state index in [0.717, 1.165) is 16.8 Å². The summed E-state index contributed by atoms with van der Waals surface area (Å²) in [6, 6.07) is 9.95. The molecule has 3 aromatic heterocycles. The van der Waals surface area contributed by atoms with Crippen LogP contribution < -0.4 is 10.9 Å². The highest BCUT2D eigenvalue weighted by molar-refractivity contribution is 5.94. The summed E-state index contributed by atoms with van der Waals surface area (Å²) in [7, 11) is 0. The fourth-order valence-corrected chi connectivity index (χ4v) is 2.78. The van der Waals surface area contributed by atoms with Crippen molar-refractivity contribution in [3.63, 3.8) is 0 Å². The van der Waals surface area contributed by atoms with Crippen LogP contribution in [0.5, 0.6) is 0 Å². The molecule has 1 aromatic carbocycles. The van der Waals surface area contributed by atoms with Gasteiger partial charge in [-0.1, -0.05) is 0 Å². The summed E-state index contributed by atoms with van der Waals surface area (Å²) in [5.74, 6) is 0.633. The number of rotatable bonds is 3. The summed E-state index contributed by atoms with van der Waals surface area (Å²) in [6.45, 7) is 3.80. The molecule has 0 aliphatic carbocycles. The first-order valence-electron chi connectivity index (χ1n) is 8.01. The van der Waals surface area contributed by atoms with E-state index in [1.165, 1.54) is 6.07 Å². The number of benzene rings is 1. The molecule has 0 aliphatic rings. The van der Waals surface area contributed by atoms with E-state index in [1.54, 1.807) is 28.8 Å². The van der Waals surface area contributed by atoms with Crippen LogP contribution in [0, 0.1) is 13.8 Å². The Morgan fingerprint density at radius 2 is 2.00 bits per heavy atom. The molecule has 1 amide bonds. The molecular formula is C18H15N5O3. The summed E-state index contributed by atoms with van der Waals surface area (Å²) in [5.41, 5.74) is 2.41. The molecule has 0 atom stereocenters. The van der Waals surface area contributed by atoms with Crippen molar-refractivity contribution < 1.29 is 9.21 Å². The number of nitrogens with one attached hydrogen (secondary N) is 1. The SMILES string of the molecule is Cc1cc(C)n2nc(CC(=O)Nc3ccc4oc(=O)ccc4c3)nc2n1. The third-order valence-electron chi connectivity index (χ3n) is 3.88. The maximum atomic E-state index is 12.3. The first-order valence-corrected chi connectivity index (χ1v) is 8.01. The molecule has 0 fully saturated rings. The van der Waals surface area contributed by atoms with E-state index in [9.17, 15) is 9.59 Å². The fraction of sp³-hybridized carbons (Fsp3) is 0.167. The van der Waals surface area contributed by atoms with E-state index in [1.807, 2.05) is 19.9 Å². The fourth-order valence-electron chi connectivity index (χ4n) is 2.78. The molecule has 0 spiro atoms. The Morgan fingerprint density at radius 3 is 2.85 bits per heavy atom. The van der Waals surface area contributed by atoms with Crippen LogP contribution in [0.2, 0.25) is 0 Å². The van der Waals surface area contributed by atoms with Gasteiger partial charge in [-0.3, -0.25) is 4.79 Å². The van der Waals surface area contributed by atoms with Crippen LogP contribution in [0.4, 0.5) is 5.69 Å². The molecule has 1 N–H and O–H groups in total. The lowest BCUT2D eigenvalue weighted by atomic mass is 10.2. The van der Waals surface area contributed by atoms with Crippen molar-refractivity contribution in [1.82, 2.24) is 19.6 Å². The molecule has 0 radical (unpaired) electrons. The van der Waals surface area contributed by atoms with Gasteiger partial charge in [0.05, 0.1) is 6.42 Å².